The zero-order chi connectivity index (χ0) is 14.9. The third kappa shape index (κ3) is 2.59. The van der Waals surface area contributed by atoms with E-state index >= 15 is 0 Å². The topological polar surface area (TPSA) is 40.5 Å². The van der Waals surface area contributed by atoms with Crippen LogP contribution in [-0.4, -0.2) is 35.1 Å². The molecule has 2 aliphatic rings. The minimum atomic E-state index is -0.320. The Bertz CT molecular complexity index is 491. The Labute approximate surface area is 127 Å². The van der Waals surface area contributed by atoms with Gasteiger partial charge < -0.3 is 10.0 Å². The number of nitrogens with zero attached hydrogens (tertiary/aromatic N) is 1. The van der Waals surface area contributed by atoms with E-state index in [1.54, 1.807) is 0 Å². The lowest BCUT2D eigenvalue weighted by Gasteiger charge is -2.33. The van der Waals surface area contributed by atoms with Gasteiger partial charge in [-0.05, 0) is 31.7 Å². The Morgan fingerprint density at radius 1 is 1.29 bits per heavy atom. The summed E-state index contributed by atoms with van der Waals surface area (Å²) in [5.41, 5.74) is 0.863. The maximum atomic E-state index is 13.2. The Morgan fingerprint density at radius 3 is 2.52 bits per heavy atom. The van der Waals surface area contributed by atoms with Gasteiger partial charge in [-0.2, -0.15) is 0 Å². The highest BCUT2D eigenvalue weighted by Gasteiger charge is 2.46. The molecule has 0 spiro atoms. The summed E-state index contributed by atoms with van der Waals surface area (Å²) < 4.78 is 0. The molecule has 1 aromatic rings. The maximum absolute atomic E-state index is 13.2. The predicted octanol–water partition coefficient (Wildman–Crippen LogP) is 2.73. The van der Waals surface area contributed by atoms with E-state index in [2.05, 4.69) is 12.1 Å². The first-order valence-electron chi connectivity index (χ1n) is 8.16. The van der Waals surface area contributed by atoms with Gasteiger partial charge >= 0.3 is 0 Å². The molecule has 2 atom stereocenters. The van der Waals surface area contributed by atoms with E-state index in [1.807, 2.05) is 30.0 Å². The first kappa shape index (κ1) is 14.6. The van der Waals surface area contributed by atoms with Crippen molar-refractivity contribution in [1.82, 2.24) is 4.90 Å². The van der Waals surface area contributed by atoms with E-state index < -0.39 is 0 Å². The van der Waals surface area contributed by atoms with E-state index in [4.69, 9.17) is 0 Å². The van der Waals surface area contributed by atoms with Crippen LogP contribution in [0.4, 0.5) is 0 Å². The Balaban J connectivity index is 1.84. The zero-order valence-electron chi connectivity index (χ0n) is 12.8. The second-order valence-electron chi connectivity index (χ2n) is 6.70. The van der Waals surface area contributed by atoms with Gasteiger partial charge in [-0.1, -0.05) is 43.2 Å². The molecule has 3 rings (SSSR count). The van der Waals surface area contributed by atoms with Crippen molar-refractivity contribution < 1.29 is 9.90 Å². The quantitative estimate of drug-likeness (QED) is 0.928. The SMILES string of the molecule is CC(O)C1CCN(C(=O)C2(c3ccccc3)CCCC2)C1. The fourth-order valence-electron chi connectivity index (χ4n) is 4.03. The largest absolute Gasteiger partial charge is 0.393 e. The van der Waals surface area contributed by atoms with Crippen molar-refractivity contribution in [3.8, 4) is 0 Å². The van der Waals surface area contributed by atoms with Crippen molar-refractivity contribution in [3.05, 3.63) is 35.9 Å². The molecule has 1 aliphatic carbocycles. The molecule has 21 heavy (non-hydrogen) atoms. The van der Waals surface area contributed by atoms with Crippen LogP contribution in [0, 0.1) is 5.92 Å². The molecule has 3 nitrogen and oxygen atoms in total. The van der Waals surface area contributed by atoms with Gasteiger partial charge in [-0.25, -0.2) is 0 Å². The van der Waals surface area contributed by atoms with E-state index in [1.165, 1.54) is 5.56 Å². The number of carbonyl (C=O) groups excluding carboxylic acids is 1. The Morgan fingerprint density at radius 2 is 1.95 bits per heavy atom. The van der Waals surface area contributed by atoms with Gasteiger partial charge in [0.1, 0.15) is 0 Å². The van der Waals surface area contributed by atoms with Gasteiger partial charge in [-0.3, -0.25) is 4.79 Å². The lowest BCUT2D eigenvalue weighted by Crippen LogP contribution is -2.44. The highest BCUT2D eigenvalue weighted by atomic mass is 16.3. The maximum Gasteiger partial charge on any atom is 0.233 e. The molecule has 114 valence electrons. The Hall–Kier alpha value is -1.35. The van der Waals surface area contributed by atoms with Crippen LogP contribution in [0.5, 0.6) is 0 Å². The standard InChI is InChI=1S/C18H25NO2/c1-14(20)15-9-12-19(13-15)17(21)18(10-5-6-11-18)16-7-3-2-4-8-16/h2-4,7-8,14-15,20H,5-6,9-13H2,1H3. The van der Waals surface area contributed by atoms with Crippen molar-refractivity contribution in [3.63, 3.8) is 0 Å². The molecule has 0 aromatic heterocycles. The van der Waals surface area contributed by atoms with Crippen LogP contribution in [0.3, 0.4) is 0 Å². The van der Waals surface area contributed by atoms with Gasteiger partial charge in [0.2, 0.25) is 5.91 Å². The fourth-order valence-corrected chi connectivity index (χ4v) is 4.03. The lowest BCUT2D eigenvalue weighted by atomic mass is 9.77. The van der Waals surface area contributed by atoms with Gasteiger partial charge in [0.15, 0.2) is 0 Å². The summed E-state index contributed by atoms with van der Waals surface area (Å²) in [4.78, 5) is 15.2. The molecule has 1 N–H and O–H groups in total. The van der Waals surface area contributed by atoms with Gasteiger partial charge in [0.05, 0.1) is 11.5 Å². The third-order valence-corrected chi connectivity index (χ3v) is 5.39. The fraction of sp³-hybridized carbons (Fsp3) is 0.611. The number of aliphatic hydroxyl groups is 1. The molecule has 3 heteroatoms. The monoisotopic (exact) mass is 287 g/mol. The van der Waals surface area contributed by atoms with Crippen molar-refractivity contribution >= 4 is 5.91 Å². The van der Waals surface area contributed by atoms with Crippen LogP contribution in [-0.2, 0) is 10.2 Å². The third-order valence-electron chi connectivity index (χ3n) is 5.39. The van der Waals surface area contributed by atoms with Crippen LogP contribution < -0.4 is 0 Å². The average Bonchev–Trinajstić information content (AvgIpc) is 3.18. The predicted molar refractivity (Wildman–Crippen MR) is 83.0 cm³/mol. The minimum Gasteiger partial charge on any atom is -0.393 e. The van der Waals surface area contributed by atoms with E-state index in [0.29, 0.717) is 6.54 Å². The summed E-state index contributed by atoms with van der Waals surface area (Å²) in [5.74, 6) is 0.525. The van der Waals surface area contributed by atoms with Gasteiger partial charge in [0.25, 0.3) is 0 Å². The van der Waals surface area contributed by atoms with E-state index in [0.717, 1.165) is 38.6 Å². The van der Waals surface area contributed by atoms with Gasteiger partial charge in [0, 0.05) is 19.0 Å². The number of hydrogen-bond acceptors (Lipinski definition) is 2. The molecule has 1 heterocycles. The van der Waals surface area contributed by atoms with Gasteiger partial charge in [-0.15, -0.1) is 0 Å². The van der Waals surface area contributed by atoms with Crippen molar-refractivity contribution in [1.29, 1.82) is 0 Å². The van der Waals surface area contributed by atoms with Crippen molar-refractivity contribution in [2.45, 2.75) is 50.5 Å². The normalized spacial score (nSPS) is 26.0. The molecular formula is C18H25NO2. The molecule has 0 bridgehead atoms. The molecule has 1 saturated carbocycles. The number of amides is 1. The van der Waals surface area contributed by atoms with E-state index in [9.17, 15) is 9.90 Å². The summed E-state index contributed by atoms with van der Waals surface area (Å²) in [6.07, 6.45) is 4.80. The number of carbonyl (C=O) groups is 1. The molecule has 1 saturated heterocycles. The molecule has 2 fully saturated rings. The summed E-state index contributed by atoms with van der Waals surface area (Å²) >= 11 is 0. The second kappa shape index (κ2) is 5.80. The molecule has 1 amide bonds. The number of hydrogen-bond donors (Lipinski definition) is 1. The number of likely N-dealkylation sites (tertiary alicyclic amines) is 1. The highest BCUT2D eigenvalue weighted by Crippen LogP contribution is 2.43. The summed E-state index contributed by atoms with van der Waals surface area (Å²) in [6.45, 7) is 3.34. The van der Waals surface area contributed by atoms with Crippen LogP contribution in [0.1, 0.15) is 44.6 Å². The number of rotatable bonds is 3. The number of aliphatic hydroxyl groups excluding tert-OH is 1. The minimum absolute atomic E-state index is 0.239. The van der Waals surface area contributed by atoms with E-state index in [-0.39, 0.29) is 23.3 Å². The van der Waals surface area contributed by atoms with Crippen LogP contribution in [0.25, 0.3) is 0 Å². The molecule has 2 unspecified atom stereocenters. The highest BCUT2D eigenvalue weighted by molar-refractivity contribution is 5.89. The first-order valence-corrected chi connectivity index (χ1v) is 8.16. The van der Waals surface area contributed by atoms with Crippen molar-refractivity contribution in [2.24, 2.45) is 5.92 Å². The van der Waals surface area contributed by atoms with Crippen molar-refractivity contribution in [2.75, 3.05) is 13.1 Å². The average molecular weight is 287 g/mol. The number of benzene rings is 1. The second-order valence-corrected chi connectivity index (χ2v) is 6.70. The van der Waals surface area contributed by atoms with Crippen LogP contribution >= 0.6 is 0 Å². The Kier molecular flexibility index (Phi) is 4.03. The molecule has 0 radical (unpaired) electrons. The van der Waals surface area contributed by atoms with Crippen LogP contribution in [0.2, 0.25) is 0 Å². The molecule has 1 aliphatic heterocycles. The lowest BCUT2D eigenvalue weighted by molar-refractivity contribution is -0.136. The summed E-state index contributed by atoms with van der Waals surface area (Å²) in [5, 5.41) is 9.76. The summed E-state index contributed by atoms with van der Waals surface area (Å²) in [6, 6.07) is 10.3. The molecule has 1 aromatic carbocycles. The molecular weight excluding hydrogens is 262 g/mol. The zero-order valence-corrected chi connectivity index (χ0v) is 12.8. The van der Waals surface area contributed by atoms with Crippen LogP contribution in [0.15, 0.2) is 30.3 Å². The smallest absolute Gasteiger partial charge is 0.233 e. The summed E-state index contributed by atoms with van der Waals surface area (Å²) in [7, 11) is 0. The first-order chi connectivity index (χ1) is 10.1.